The molecule has 0 radical (unpaired) electrons. The first-order valence-corrected chi connectivity index (χ1v) is 9.60. The van der Waals surface area contributed by atoms with E-state index in [0.29, 0.717) is 39.0 Å². The summed E-state index contributed by atoms with van der Waals surface area (Å²) in [7, 11) is 0. The fraction of sp³-hybridized carbons (Fsp3) is 0.636. The normalized spacial score (nSPS) is 16.7. The highest BCUT2D eigenvalue weighted by Gasteiger charge is 2.31. The molecule has 4 nitrogen and oxygen atoms in total. The van der Waals surface area contributed by atoms with Crippen molar-refractivity contribution < 1.29 is 9.59 Å². The van der Waals surface area contributed by atoms with Gasteiger partial charge in [-0.3, -0.25) is 9.59 Å². The van der Waals surface area contributed by atoms with Crippen LogP contribution in [0.25, 0.3) is 0 Å². The van der Waals surface area contributed by atoms with Crippen molar-refractivity contribution in [3.63, 3.8) is 0 Å². The Morgan fingerprint density at radius 3 is 1.19 bits per heavy atom. The van der Waals surface area contributed by atoms with E-state index in [0.717, 1.165) is 0 Å². The molecule has 4 heteroatoms. The molecule has 0 saturated heterocycles. The maximum Gasteiger partial charge on any atom is 0.223 e. The minimum absolute atomic E-state index is 0.0154. The Morgan fingerprint density at radius 1 is 0.692 bits per heavy atom. The van der Waals surface area contributed by atoms with Crippen molar-refractivity contribution in [3.05, 3.63) is 34.4 Å². The molecule has 0 saturated carbocycles. The molecule has 0 aliphatic carbocycles. The molecule has 0 N–H and O–H groups in total. The van der Waals surface area contributed by atoms with Crippen LogP contribution in [-0.2, 0) is 35.8 Å². The molecule has 2 heterocycles. The monoisotopic (exact) mass is 356 g/mol. The largest absolute Gasteiger partial charge is 0.334 e. The van der Waals surface area contributed by atoms with E-state index in [1.54, 1.807) is 0 Å². The van der Waals surface area contributed by atoms with Gasteiger partial charge in [-0.25, -0.2) is 0 Å². The average Bonchev–Trinajstić information content (AvgIpc) is 3.03. The summed E-state index contributed by atoms with van der Waals surface area (Å²) in [5.74, 6) is 0.465. The maximum absolute atomic E-state index is 12.5. The number of carbonyl (C=O) groups is 2. The lowest BCUT2D eigenvalue weighted by Gasteiger charge is -2.23. The Labute approximate surface area is 157 Å². The van der Waals surface area contributed by atoms with Crippen molar-refractivity contribution in [3.8, 4) is 0 Å². The summed E-state index contributed by atoms with van der Waals surface area (Å²) in [6, 6.07) is 4.44. The summed E-state index contributed by atoms with van der Waals surface area (Å²) >= 11 is 0. The third-order valence-electron chi connectivity index (χ3n) is 5.04. The van der Waals surface area contributed by atoms with Gasteiger partial charge in [0.05, 0.1) is 0 Å². The minimum Gasteiger partial charge on any atom is -0.334 e. The zero-order chi connectivity index (χ0) is 19.3. The van der Waals surface area contributed by atoms with Crippen LogP contribution in [0.3, 0.4) is 0 Å². The Morgan fingerprint density at radius 2 is 0.962 bits per heavy atom. The number of nitrogens with zero attached hydrogens (tertiary/aromatic N) is 2. The predicted octanol–water partition coefficient (Wildman–Crippen LogP) is 4.24. The first-order chi connectivity index (χ1) is 11.9. The van der Waals surface area contributed by atoms with Gasteiger partial charge >= 0.3 is 0 Å². The van der Waals surface area contributed by atoms with Gasteiger partial charge in [-0.1, -0.05) is 53.7 Å². The molecular formula is C22H32N2O2. The van der Waals surface area contributed by atoms with E-state index in [1.807, 2.05) is 9.80 Å². The molecule has 2 aliphatic heterocycles. The van der Waals surface area contributed by atoms with Crippen LogP contribution < -0.4 is 0 Å². The summed E-state index contributed by atoms with van der Waals surface area (Å²) < 4.78 is 0. The van der Waals surface area contributed by atoms with E-state index in [4.69, 9.17) is 0 Å². The van der Waals surface area contributed by atoms with Gasteiger partial charge in [0.25, 0.3) is 0 Å². The lowest BCUT2D eigenvalue weighted by Crippen LogP contribution is -2.29. The van der Waals surface area contributed by atoms with E-state index in [-0.39, 0.29) is 22.6 Å². The predicted molar refractivity (Wildman–Crippen MR) is 103 cm³/mol. The summed E-state index contributed by atoms with van der Waals surface area (Å²) in [6.45, 7) is 15.4. The number of rotatable bonds is 2. The van der Waals surface area contributed by atoms with Gasteiger partial charge < -0.3 is 9.80 Å². The third-order valence-corrected chi connectivity index (χ3v) is 5.04. The minimum atomic E-state index is 0.0154. The summed E-state index contributed by atoms with van der Waals surface area (Å²) in [5.41, 5.74) is 5.02. The highest BCUT2D eigenvalue weighted by molar-refractivity contribution is 5.78. The first-order valence-electron chi connectivity index (χ1n) is 9.60. The Bertz CT molecular complexity index is 643. The highest BCUT2D eigenvalue weighted by atomic mass is 16.2. The highest BCUT2D eigenvalue weighted by Crippen LogP contribution is 2.33. The molecule has 142 valence electrons. The van der Waals surface area contributed by atoms with Gasteiger partial charge in [0.1, 0.15) is 0 Å². The second kappa shape index (κ2) is 6.40. The van der Waals surface area contributed by atoms with Crippen molar-refractivity contribution in [1.82, 2.24) is 9.80 Å². The molecule has 3 rings (SSSR count). The van der Waals surface area contributed by atoms with Crippen molar-refractivity contribution >= 4 is 11.8 Å². The van der Waals surface area contributed by atoms with Crippen LogP contribution in [0.4, 0.5) is 0 Å². The van der Waals surface area contributed by atoms with Crippen LogP contribution in [0.5, 0.6) is 0 Å². The number of carbonyl (C=O) groups excluding carboxylic acids is 2. The number of amides is 2. The van der Waals surface area contributed by atoms with Crippen LogP contribution in [0.15, 0.2) is 12.1 Å². The molecule has 0 fully saturated rings. The van der Waals surface area contributed by atoms with E-state index in [2.05, 4.69) is 53.7 Å². The van der Waals surface area contributed by atoms with Crippen molar-refractivity contribution in [2.75, 3.05) is 0 Å². The van der Waals surface area contributed by atoms with Gasteiger partial charge in [0.2, 0.25) is 11.8 Å². The van der Waals surface area contributed by atoms with Crippen LogP contribution in [-0.4, -0.2) is 21.6 Å². The molecule has 2 aliphatic rings. The van der Waals surface area contributed by atoms with E-state index >= 15 is 0 Å². The summed E-state index contributed by atoms with van der Waals surface area (Å²) in [4.78, 5) is 29.0. The Balaban J connectivity index is 1.68. The fourth-order valence-electron chi connectivity index (χ4n) is 3.80. The molecule has 0 bridgehead atoms. The Kier molecular flexibility index (Phi) is 4.66. The number of benzene rings is 1. The van der Waals surface area contributed by atoms with Gasteiger partial charge in [-0.05, 0) is 33.1 Å². The zero-order valence-corrected chi connectivity index (χ0v) is 17.1. The molecule has 1 aromatic rings. The molecule has 26 heavy (non-hydrogen) atoms. The maximum atomic E-state index is 12.5. The van der Waals surface area contributed by atoms with E-state index in [9.17, 15) is 9.59 Å². The number of hydrogen-bond donors (Lipinski definition) is 0. The van der Waals surface area contributed by atoms with Crippen LogP contribution in [0.2, 0.25) is 0 Å². The van der Waals surface area contributed by atoms with Gasteiger partial charge in [-0.15, -0.1) is 0 Å². The summed E-state index contributed by atoms with van der Waals surface area (Å²) in [6.07, 6.45) is 1.16. The molecule has 0 spiro atoms. The number of hydrogen-bond acceptors (Lipinski definition) is 2. The SMILES string of the molecule is CC(C)(C)CC(=O)N1Cc2cc3c(cc2C1)CN(C(=O)CC(C)(C)C)C3. The molecule has 1 aromatic carbocycles. The molecule has 2 amide bonds. The van der Waals surface area contributed by atoms with Gasteiger partial charge in [0.15, 0.2) is 0 Å². The molecule has 0 atom stereocenters. The van der Waals surface area contributed by atoms with Crippen molar-refractivity contribution in [1.29, 1.82) is 0 Å². The summed E-state index contributed by atoms with van der Waals surface area (Å²) in [5, 5.41) is 0. The van der Waals surface area contributed by atoms with Crippen LogP contribution >= 0.6 is 0 Å². The standard InChI is InChI=1S/C22H32N2O2/c1-21(2,3)9-19(25)23-11-15-7-17-13-24(20(26)10-22(4,5)6)14-18(17)8-16(15)12-23/h7-8H,9-14H2,1-6H3. The smallest absolute Gasteiger partial charge is 0.223 e. The second-order valence-corrected chi connectivity index (χ2v) is 10.4. The Hall–Kier alpha value is -1.84. The molecular weight excluding hydrogens is 324 g/mol. The first kappa shape index (κ1) is 18.9. The van der Waals surface area contributed by atoms with Crippen LogP contribution in [0, 0.1) is 10.8 Å². The fourth-order valence-corrected chi connectivity index (χ4v) is 3.80. The van der Waals surface area contributed by atoms with Gasteiger partial charge in [-0.2, -0.15) is 0 Å². The quantitative estimate of drug-likeness (QED) is 0.795. The number of fused-ring (bicyclic) bond motifs is 2. The van der Waals surface area contributed by atoms with Gasteiger partial charge in [0, 0.05) is 39.0 Å². The zero-order valence-electron chi connectivity index (χ0n) is 17.1. The molecule has 0 unspecified atom stereocenters. The van der Waals surface area contributed by atoms with Crippen LogP contribution in [0.1, 0.15) is 76.6 Å². The van der Waals surface area contributed by atoms with E-state index in [1.165, 1.54) is 22.3 Å². The topological polar surface area (TPSA) is 40.6 Å². The third kappa shape index (κ3) is 4.28. The van der Waals surface area contributed by atoms with Crippen molar-refractivity contribution in [2.24, 2.45) is 10.8 Å². The lowest BCUT2D eigenvalue weighted by molar-refractivity contribution is -0.134. The average molecular weight is 357 g/mol. The van der Waals surface area contributed by atoms with E-state index < -0.39 is 0 Å². The lowest BCUT2D eigenvalue weighted by atomic mass is 9.92. The second-order valence-electron chi connectivity index (χ2n) is 10.4. The van der Waals surface area contributed by atoms with Crippen molar-refractivity contribution in [2.45, 2.75) is 80.6 Å². The molecule has 0 aromatic heterocycles.